The van der Waals surface area contributed by atoms with Crippen LogP contribution in [0.5, 0.6) is 5.75 Å². The zero-order valence-corrected chi connectivity index (χ0v) is 14.6. The number of rotatable bonds is 7. The lowest BCUT2D eigenvalue weighted by Crippen LogP contribution is -2.12. The first-order valence-corrected chi connectivity index (χ1v) is 8.58. The number of nitrogens with one attached hydrogen (secondary N) is 1. The summed E-state index contributed by atoms with van der Waals surface area (Å²) in [6, 6.07) is 16.4. The lowest BCUT2D eigenvalue weighted by Gasteiger charge is -2.13. The van der Waals surface area contributed by atoms with Crippen LogP contribution in [0.4, 0.5) is 5.69 Å². The largest absolute Gasteiger partial charge is 0.494 e. The quantitative estimate of drug-likeness (QED) is 0.685. The molecule has 0 saturated carbocycles. The van der Waals surface area contributed by atoms with Gasteiger partial charge in [-0.05, 0) is 37.1 Å². The monoisotopic (exact) mass is 323 g/mol. The SMILES string of the molecule is CCOc1ccc2nc(CNc3ccccc3)n(CC(C)C)c2c1. The average molecular weight is 323 g/mol. The fraction of sp³-hybridized carbons (Fsp3) is 0.350. The smallest absolute Gasteiger partial charge is 0.129 e. The lowest BCUT2D eigenvalue weighted by atomic mass is 10.2. The van der Waals surface area contributed by atoms with E-state index in [4.69, 9.17) is 9.72 Å². The van der Waals surface area contributed by atoms with Crippen LogP contribution in [0.1, 0.15) is 26.6 Å². The minimum atomic E-state index is 0.550. The van der Waals surface area contributed by atoms with Crippen molar-refractivity contribution in [3.63, 3.8) is 0 Å². The number of aromatic nitrogens is 2. The van der Waals surface area contributed by atoms with Gasteiger partial charge in [-0.2, -0.15) is 0 Å². The van der Waals surface area contributed by atoms with Crippen molar-refractivity contribution >= 4 is 16.7 Å². The van der Waals surface area contributed by atoms with Gasteiger partial charge in [-0.15, -0.1) is 0 Å². The highest BCUT2D eigenvalue weighted by Crippen LogP contribution is 2.24. The van der Waals surface area contributed by atoms with Crippen molar-refractivity contribution in [2.45, 2.75) is 33.9 Å². The molecule has 0 amide bonds. The molecule has 0 unspecified atom stereocenters. The van der Waals surface area contributed by atoms with Gasteiger partial charge in [0, 0.05) is 18.3 Å². The molecule has 0 saturated heterocycles. The van der Waals surface area contributed by atoms with Crippen LogP contribution in [0.3, 0.4) is 0 Å². The van der Waals surface area contributed by atoms with Crippen molar-refractivity contribution in [1.82, 2.24) is 9.55 Å². The summed E-state index contributed by atoms with van der Waals surface area (Å²) in [5.41, 5.74) is 3.26. The summed E-state index contributed by atoms with van der Waals surface area (Å²) < 4.78 is 7.96. The fourth-order valence-electron chi connectivity index (χ4n) is 2.85. The molecule has 0 fully saturated rings. The fourth-order valence-corrected chi connectivity index (χ4v) is 2.85. The molecule has 0 bridgehead atoms. The van der Waals surface area contributed by atoms with Gasteiger partial charge in [-0.3, -0.25) is 0 Å². The average Bonchev–Trinajstić information content (AvgIpc) is 2.91. The summed E-state index contributed by atoms with van der Waals surface area (Å²) in [5, 5.41) is 3.46. The Kier molecular flexibility index (Phi) is 5.04. The van der Waals surface area contributed by atoms with Gasteiger partial charge in [0.25, 0.3) is 0 Å². The Labute approximate surface area is 143 Å². The van der Waals surface area contributed by atoms with Crippen molar-refractivity contribution in [3.8, 4) is 5.75 Å². The summed E-state index contributed by atoms with van der Waals surface area (Å²) in [7, 11) is 0. The molecule has 3 aromatic rings. The third-order valence-electron chi connectivity index (χ3n) is 3.88. The van der Waals surface area contributed by atoms with Crippen LogP contribution in [-0.2, 0) is 13.1 Å². The summed E-state index contributed by atoms with van der Waals surface area (Å²) in [6.45, 7) is 8.78. The molecule has 4 heteroatoms. The Bertz CT molecular complexity index is 793. The third kappa shape index (κ3) is 3.70. The van der Waals surface area contributed by atoms with Crippen molar-refractivity contribution < 1.29 is 4.74 Å². The van der Waals surface area contributed by atoms with Crippen molar-refractivity contribution in [3.05, 3.63) is 54.4 Å². The Morgan fingerprint density at radius 2 is 1.92 bits per heavy atom. The van der Waals surface area contributed by atoms with Gasteiger partial charge in [0.15, 0.2) is 0 Å². The first-order valence-electron chi connectivity index (χ1n) is 8.58. The molecule has 0 radical (unpaired) electrons. The number of benzene rings is 2. The van der Waals surface area contributed by atoms with E-state index in [2.05, 4.69) is 41.9 Å². The minimum absolute atomic E-state index is 0.550. The molecule has 24 heavy (non-hydrogen) atoms. The Morgan fingerprint density at radius 3 is 2.62 bits per heavy atom. The molecular formula is C20H25N3O. The molecule has 0 atom stereocenters. The minimum Gasteiger partial charge on any atom is -0.494 e. The molecule has 1 aromatic heterocycles. The summed E-state index contributed by atoms with van der Waals surface area (Å²) in [6.07, 6.45) is 0. The van der Waals surface area contributed by atoms with Crippen molar-refractivity contribution in [2.24, 2.45) is 5.92 Å². The molecule has 1 heterocycles. The van der Waals surface area contributed by atoms with Gasteiger partial charge < -0.3 is 14.6 Å². The van der Waals surface area contributed by atoms with Gasteiger partial charge in [0.05, 0.1) is 24.2 Å². The Balaban J connectivity index is 1.93. The molecule has 0 aliphatic rings. The summed E-state index contributed by atoms with van der Waals surface area (Å²) in [4.78, 5) is 4.83. The van der Waals surface area contributed by atoms with Crippen LogP contribution in [0, 0.1) is 5.92 Å². The van der Waals surface area contributed by atoms with E-state index >= 15 is 0 Å². The van der Waals surface area contributed by atoms with Crippen molar-refractivity contribution in [1.29, 1.82) is 0 Å². The van der Waals surface area contributed by atoms with Crippen molar-refractivity contribution in [2.75, 3.05) is 11.9 Å². The summed E-state index contributed by atoms with van der Waals surface area (Å²) in [5.74, 6) is 2.50. The van der Waals surface area contributed by atoms with Crippen LogP contribution < -0.4 is 10.1 Å². The first kappa shape index (κ1) is 16.4. The second kappa shape index (κ2) is 7.39. The van der Waals surface area contributed by atoms with E-state index in [9.17, 15) is 0 Å². The van der Waals surface area contributed by atoms with Crippen LogP contribution >= 0.6 is 0 Å². The van der Waals surface area contributed by atoms with Crippen LogP contribution in [-0.4, -0.2) is 16.2 Å². The normalized spacial score (nSPS) is 11.2. The van der Waals surface area contributed by atoms with Gasteiger partial charge in [-0.25, -0.2) is 4.98 Å². The maximum atomic E-state index is 5.66. The number of para-hydroxylation sites is 1. The Hall–Kier alpha value is -2.49. The topological polar surface area (TPSA) is 39.1 Å². The zero-order chi connectivity index (χ0) is 16.9. The number of anilines is 1. The predicted molar refractivity (Wildman–Crippen MR) is 99.5 cm³/mol. The molecule has 4 nitrogen and oxygen atoms in total. The highest BCUT2D eigenvalue weighted by Gasteiger charge is 2.13. The number of hydrogen-bond donors (Lipinski definition) is 1. The van der Waals surface area contributed by atoms with E-state index < -0.39 is 0 Å². The lowest BCUT2D eigenvalue weighted by molar-refractivity contribution is 0.340. The van der Waals surface area contributed by atoms with E-state index in [1.165, 1.54) is 0 Å². The van der Waals surface area contributed by atoms with E-state index in [0.29, 0.717) is 19.1 Å². The molecule has 1 N–H and O–H groups in total. The van der Waals surface area contributed by atoms with Gasteiger partial charge in [-0.1, -0.05) is 32.0 Å². The third-order valence-corrected chi connectivity index (χ3v) is 3.88. The second-order valence-corrected chi connectivity index (χ2v) is 6.34. The highest BCUT2D eigenvalue weighted by molar-refractivity contribution is 5.78. The van der Waals surface area contributed by atoms with Crippen LogP contribution in [0.15, 0.2) is 48.5 Å². The van der Waals surface area contributed by atoms with Gasteiger partial charge in [0.1, 0.15) is 11.6 Å². The molecule has 0 aliphatic carbocycles. The standard InChI is InChI=1S/C20H25N3O/c1-4-24-17-10-11-18-19(12-17)23(14-15(2)3)20(22-18)13-21-16-8-6-5-7-9-16/h5-12,15,21H,4,13-14H2,1-3H3. The van der Waals surface area contributed by atoms with Gasteiger partial charge in [0.2, 0.25) is 0 Å². The second-order valence-electron chi connectivity index (χ2n) is 6.34. The molecule has 2 aromatic carbocycles. The van der Waals surface area contributed by atoms with Gasteiger partial charge >= 0.3 is 0 Å². The number of hydrogen-bond acceptors (Lipinski definition) is 3. The van der Waals surface area contributed by atoms with E-state index in [1.807, 2.05) is 37.3 Å². The number of nitrogens with zero attached hydrogens (tertiary/aromatic N) is 2. The number of imidazole rings is 1. The van der Waals surface area contributed by atoms with E-state index in [0.717, 1.165) is 34.8 Å². The first-order chi connectivity index (χ1) is 11.7. The maximum absolute atomic E-state index is 5.66. The van der Waals surface area contributed by atoms with Crippen LogP contribution in [0.25, 0.3) is 11.0 Å². The number of ether oxygens (including phenoxy) is 1. The summed E-state index contributed by atoms with van der Waals surface area (Å²) >= 11 is 0. The molecule has 3 rings (SSSR count). The Morgan fingerprint density at radius 1 is 1.12 bits per heavy atom. The predicted octanol–water partition coefficient (Wildman–Crippen LogP) is 4.70. The molecule has 0 spiro atoms. The van der Waals surface area contributed by atoms with Crippen LogP contribution in [0.2, 0.25) is 0 Å². The van der Waals surface area contributed by atoms with E-state index in [1.54, 1.807) is 0 Å². The number of fused-ring (bicyclic) bond motifs is 1. The molecule has 0 aliphatic heterocycles. The molecule has 126 valence electrons. The zero-order valence-electron chi connectivity index (χ0n) is 14.6. The maximum Gasteiger partial charge on any atom is 0.129 e. The highest BCUT2D eigenvalue weighted by atomic mass is 16.5. The van der Waals surface area contributed by atoms with E-state index in [-0.39, 0.29) is 0 Å². The molecular weight excluding hydrogens is 298 g/mol.